The van der Waals surface area contributed by atoms with Crippen LogP contribution in [0, 0.1) is 19.7 Å². The largest absolute Gasteiger partial charge is 0.329 e. The topological polar surface area (TPSA) is 29.0 Å². The van der Waals surface area contributed by atoms with Crippen LogP contribution in [0.25, 0.3) is 0 Å². The van der Waals surface area contributed by atoms with Crippen molar-refractivity contribution in [3.8, 4) is 0 Å². The molecule has 0 fully saturated rings. The molecule has 1 heterocycles. The molecule has 3 nitrogen and oxygen atoms in total. The Bertz CT molecular complexity index is 586. The van der Waals surface area contributed by atoms with Crippen molar-refractivity contribution >= 4 is 23.1 Å². The number of nitrogens with zero attached hydrogens (tertiary/aromatic N) is 3. The molecule has 2 rings (SSSR count). The SMILES string of the molecule is Cc1nc(Cl)c(C)c(N(C)c2cccc(F)c2)n1. The lowest BCUT2D eigenvalue weighted by Crippen LogP contribution is -2.14. The van der Waals surface area contributed by atoms with Crippen LogP contribution >= 0.6 is 11.6 Å². The standard InChI is InChI=1S/C13H13ClFN3/c1-8-12(14)16-9(2)17-13(8)18(3)11-6-4-5-10(15)7-11/h4-7H,1-3H3. The van der Waals surface area contributed by atoms with E-state index in [0.29, 0.717) is 22.5 Å². The van der Waals surface area contributed by atoms with Crippen molar-refractivity contribution in [2.45, 2.75) is 13.8 Å². The summed E-state index contributed by atoms with van der Waals surface area (Å²) in [6.07, 6.45) is 0. The molecule has 94 valence electrons. The fraction of sp³-hybridized carbons (Fsp3) is 0.231. The summed E-state index contributed by atoms with van der Waals surface area (Å²) in [5.41, 5.74) is 1.49. The maximum atomic E-state index is 13.2. The third kappa shape index (κ3) is 2.43. The predicted octanol–water partition coefficient (Wildman–Crippen LogP) is 3.65. The molecule has 0 unspecified atom stereocenters. The highest BCUT2D eigenvalue weighted by atomic mass is 35.5. The van der Waals surface area contributed by atoms with Crippen molar-refractivity contribution in [2.24, 2.45) is 0 Å². The van der Waals surface area contributed by atoms with Gasteiger partial charge in [0.25, 0.3) is 0 Å². The number of hydrogen-bond acceptors (Lipinski definition) is 3. The van der Waals surface area contributed by atoms with Gasteiger partial charge in [-0.2, -0.15) is 0 Å². The number of aromatic nitrogens is 2. The van der Waals surface area contributed by atoms with Crippen LogP contribution in [0.15, 0.2) is 24.3 Å². The first-order chi connectivity index (χ1) is 8.49. The Hall–Kier alpha value is -1.68. The summed E-state index contributed by atoms with van der Waals surface area (Å²) < 4.78 is 13.2. The minimum atomic E-state index is -0.283. The van der Waals surface area contributed by atoms with E-state index in [4.69, 9.17) is 11.6 Å². The second kappa shape index (κ2) is 4.90. The van der Waals surface area contributed by atoms with E-state index in [9.17, 15) is 4.39 Å². The summed E-state index contributed by atoms with van der Waals surface area (Å²) in [6.45, 7) is 3.61. The number of aryl methyl sites for hydroxylation is 1. The zero-order chi connectivity index (χ0) is 13.3. The average molecular weight is 266 g/mol. The molecule has 1 aromatic heterocycles. The number of halogens is 2. The summed E-state index contributed by atoms with van der Waals surface area (Å²) in [6, 6.07) is 6.33. The first kappa shape index (κ1) is 12.8. The van der Waals surface area contributed by atoms with Gasteiger partial charge in [-0.15, -0.1) is 0 Å². The van der Waals surface area contributed by atoms with Crippen LogP contribution in [-0.2, 0) is 0 Å². The maximum absolute atomic E-state index is 13.2. The number of rotatable bonds is 2. The molecule has 0 saturated carbocycles. The van der Waals surface area contributed by atoms with E-state index in [-0.39, 0.29) is 5.82 Å². The van der Waals surface area contributed by atoms with Gasteiger partial charge >= 0.3 is 0 Å². The third-order valence-corrected chi connectivity index (χ3v) is 3.05. The van der Waals surface area contributed by atoms with Gasteiger partial charge in [-0.3, -0.25) is 0 Å². The molecule has 1 aromatic carbocycles. The summed E-state index contributed by atoms with van der Waals surface area (Å²) >= 11 is 6.03. The van der Waals surface area contributed by atoms with Gasteiger partial charge in [0.1, 0.15) is 22.6 Å². The predicted molar refractivity (Wildman–Crippen MR) is 71.0 cm³/mol. The molecule has 18 heavy (non-hydrogen) atoms. The zero-order valence-corrected chi connectivity index (χ0v) is 11.2. The Morgan fingerprint density at radius 3 is 2.61 bits per heavy atom. The molecule has 0 atom stereocenters. The van der Waals surface area contributed by atoms with Gasteiger partial charge < -0.3 is 4.90 Å². The van der Waals surface area contributed by atoms with Gasteiger partial charge in [0, 0.05) is 18.3 Å². The molecule has 0 aliphatic carbocycles. The summed E-state index contributed by atoms with van der Waals surface area (Å²) in [5, 5.41) is 0.417. The van der Waals surface area contributed by atoms with Crippen LogP contribution in [0.5, 0.6) is 0 Å². The molecule has 0 bridgehead atoms. The molecular weight excluding hydrogens is 253 g/mol. The van der Waals surface area contributed by atoms with E-state index >= 15 is 0 Å². The monoisotopic (exact) mass is 265 g/mol. The average Bonchev–Trinajstić information content (AvgIpc) is 2.33. The van der Waals surface area contributed by atoms with Gasteiger partial charge in [-0.05, 0) is 32.0 Å². The molecular formula is C13H13ClFN3. The first-order valence-corrected chi connectivity index (χ1v) is 5.87. The molecule has 5 heteroatoms. The molecule has 0 aliphatic rings. The van der Waals surface area contributed by atoms with Crippen molar-refractivity contribution in [1.29, 1.82) is 0 Å². The molecule has 0 aliphatic heterocycles. The Kier molecular flexibility index (Phi) is 3.48. The number of anilines is 2. The minimum Gasteiger partial charge on any atom is -0.329 e. The number of benzene rings is 1. The molecule has 0 N–H and O–H groups in total. The van der Waals surface area contributed by atoms with Crippen LogP contribution in [0.1, 0.15) is 11.4 Å². The highest BCUT2D eigenvalue weighted by Crippen LogP contribution is 2.28. The second-order valence-corrected chi connectivity index (χ2v) is 4.41. The molecule has 0 radical (unpaired) electrons. The summed E-state index contributed by atoms with van der Waals surface area (Å²) in [5.74, 6) is 0.982. The van der Waals surface area contributed by atoms with E-state index in [1.54, 1.807) is 17.9 Å². The lowest BCUT2D eigenvalue weighted by atomic mass is 10.2. The summed E-state index contributed by atoms with van der Waals surface area (Å²) in [7, 11) is 1.82. The van der Waals surface area contributed by atoms with Crippen molar-refractivity contribution in [3.63, 3.8) is 0 Å². The van der Waals surface area contributed by atoms with Crippen molar-refractivity contribution in [3.05, 3.63) is 46.6 Å². The second-order valence-electron chi connectivity index (χ2n) is 4.05. The van der Waals surface area contributed by atoms with Crippen LogP contribution in [0.3, 0.4) is 0 Å². The van der Waals surface area contributed by atoms with E-state index in [1.165, 1.54) is 12.1 Å². The fourth-order valence-corrected chi connectivity index (χ4v) is 1.92. The Labute approximate surface area is 110 Å². The Morgan fingerprint density at radius 2 is 1.94 bits per heavy atom. The van der Waals surface area contributed by atoms with Gasteiger partial charge in [0.05, 0.1) is 0 Å². The van der Waals surface area contributed by atoms with Crippen LogP contribution in [-0.4, -0.2) is 17.0 Å². The Balaban J connectivity index is 2.49. The molecule has 0 spiro atoms. The smallest absolute Gasteiger partial charge is 0.140 e. The quantitative estimate of drug-likeness (QED) is 0.776. The van der Waals surface area contributed by atoms with E-state index < -0.39 is 0 Å². The highest BCUT2D eigenvalue weighted by molar-refractivity contribution is 6.30. The normalized spacial score (nSPS) is 10.5. The van der Waals surface area contributed by atoms with Gasteiger partial charge in [-0.1, -0.05) is 17.7 Å². The Morgan fingerprint density at radius 1 is 1.22 bits per heavy atom. The van der Waals surface area contributed by atoms with Gasteiger partial charge in [0.15, 0.2) is 0 Å². The van der Waals surface area contributed by atoms with Crippen molar-refractivity contribution < 1.29 is 4.39 Å². The first-order valence-electron chi connectivity index (χ1n) is 5.49. The van der Waals surface area contributed by atoms with E-state index in [0.717, 1.165) is 5.56 Å². The van der Waals surface area contributed by atoms with Crippen molar-refractivity contribution in [1.82, 2.24) is 9.97 Å². The molecule has 0 amide bonds. The maximum Gasteiger partial charge on any atom is 0.140 e. The molecule has 0 saturated heterocycles. The van der Waals surface area contributed by atoms with Gasteiger partial charge in [-0.25, -0.2) is 14.4 Å². The third-order valence-electron chi connectivity index (χ3n) is 2.69. The summed E-state index contributed by atoms with van der Waals surface area (Å²) in [4.78, 5) is 10.2. The zero-order valence-electron chi connectivity index (χ0n) is 10.4. The van der Waals surface area contributed by atoms with Gasteiger partial charge in [0.2, 0.25) is 0 Å². The van der Waals surface area contributed by atoms with E-state index in [1.807, 2.05) is 20.0 Å². The van der Waals surface area contributed by atoms with Crippen molar-refractivity contribution in [2.75, 3.05) is 11.9 Å². The van der Waals surface area contributed by atoms with Crippen LogP contribution < -0.4 is 4.90 Å². The lowest BCUT2D eigenvalue weighted by Gasteiger charge is -2.21. The minimum absolute atomic E-state index is 0.283. The lowest BCUT2D eigenvalue weighted by molar-refractivity contribution is 0.628. The van der Waals surface area contributed by atoms with E-state index in [2.05, 4.69) is 9.97 Å². The van der Waals surface area contributed by atoms with Crippen LogP contribution in [0.4, 0.5) is 15.9 Å². The van der Waals surface area contributed by atoms with Crippen LogP contribution in [0.2, 0.25) is 5.15 Å². The molecule has 2 aromatic rings. The highest BCUT2D eigenvalue weighted by Gasteiger charge is 2.13. The number of hydrogen-bond donors (Lipinski definition) is 0. The fourth-order valence-electron chi connectivity index (χ4n) is 1.71.